The Labute approximate surface area is 158 Å². The monoisotopic (exact) mass is 396 g/mol. The zero-order valence-electron chi connectivity index (χ0n) is 14.8. The van der Waals surface area contributed by atoms with Gasteiger partial charge < -0.3 is 10.1 Å². The predicted octanol–water partition coefficient (Wildman–Crippen LogP) is 3.53. The van der Waals surface area contributed by atoms with E-state index in [9.17, 15) is 13.2 Å². The Morgan fingerprint density at radius 1 is 1.23 bits per heavy atom. The number of benzene rings is 2. The number of sulfonamides is 1. The third-order valence-corrected chi connectivity index (χ3v) is 5.15. The van der Waals surface area contributed by atoms with Gasteiger partial charge in [-0.15, -0.1) is 0 Å². The number of hydrogen-bond donors (Lipinski definition) is 1. The maximum Gasteiger partial charge on any atom is 0.265 e. The van der Waals surface area contributed by atoms with E-state index in [2.05, 4.69) is 5.32 Å². The van der Waals surface area contributed by atoms with Crippen LogP contribution in [0.2, 0.25) is 5.02 Å². The van der Waals surface area contributed by atoms with Crippen LogP contribution in [0.1, 0.15) is 13.3 Å². The van der Waals surface area contributed by atoms with Gasteiger partial charge in [-0.2, -0.15) is 0 Å². The number of amides is 1. The molecule has 0 spiro atoms. The molecule has 0 aliphatic carbocycles. The summed E-state index contributed by atoms with van der Waals surface area (Å²) in [6, 6.07) is 13.4. The fourth-order valence-electron chi connectivity index (χ4n) is 2.22. The van der Waals surface area contributed by atoms with Crippen molar-refractivity contribution in [3.63, 3.8) is 0 Å². The highest BCUT2D eigenvalue weighted by molar-refractivity contribution is 7.92. The van der Waals surface area contributed by atoms with Gasteiger partial charge in [-0.3, -0.25) is 9.10 Å². The van der Waals surface area contributed by atoms with Crippen LogP contribution in [0, 0.1) is 0 Å². The molecule has 0 saturated heterocycles. The normalized spacial score (nSPS) is 12.3. The summed E-state index contributed by atoms with van der Waals surface area (Å²) in [5.74, 6) is 0.177. The number of rotatable bonds is 7. The van der Waals surface area contributed by atoms with Gasteiger partial charge in [-0.05, 0) is 42.8 Å². The minimum atomic E-state index is -3.38. The maximum absolute atomic E-state index is 12.5. The summed E-state index contributed by atoms with van der Waals surface area (Å²) in [6.45, 7) is 1.84. The summed E-state index contributed by atoms with van der Waals surface area (Å²) < 4.78 is 30.2. The van der Waals surface area contributed by atoms with Crippen LogP contribution in [0.5, 0.6) is 5.75 Å². The Hall–Kier alpha value is -2.25. The molecule has 0 radical (unpaired) electrons. The van der Waals surface area contributed by atoms with Gasteiger partial charge in [0.1, 0.15) is 5.75 Å². The van der Waals surface area contributed by atoms with Crippen LogP contribution in [0.25, 0.3) is 0 Å². The topological polar surface area (TPSA) is 75.7 Å². The lowest BCUT2D eigenvalue weighted by Gasteiger charge is -2.19. The number of anilines is 2. The Bertz CT molecular complexity index is 886. The number of carbonyl (C=O) groups excluding carboxylic acids is 1. The molecule has 2 aromatic carbocycles. The van der Waals surface area contributed by atoms with E-state index < -0.39 is 16.1 Å². The van der Waals surface area contributed by atoms with Crippen molar-refractivity contribution in [2.75, 3.05) is 22.9 Å². The van der Waals surface area contributed by atoms with E-state index in [1.165, 1.54) is 7.05 Å². The molecule has 0 fully saturated rings. The lowest BCUT2D eigenvalue weighted by molar-refractivity contribution is -0.122. The Morgan fingerprint density at radius 2 is 1.92 bits per heavy atom. The van der Waals surface area contributed by atoms with E-state index in [1.54, 1.807) is 48.5 Å². The molecule has 0 aliphatic rings. The van der Waals surface area contributed by atoms with Gasteiger partial charge in [0.05, 0.1) is 11.9 Å². The van der Waals surface area contributed by atoms with Crippen molar-refractivity contribution in [3.8, 4) is 5.75 Å². The number of nitrogens with zero attached hydrogens (tertiary/aromatic N) is 1. The van der Waals surface area contributed by atoms with E-state index >= 15 is 0 Å². The second-order valence-electron chi connectivity index (χ2n) is 5.74. The quantitative estimate of drug-likeness (QED) is 0.776. The van der Waals surface area contributed by atoms with Crippen molar-refractivity contribution >= 4 is 38.9 Å². The summed E-state index contributed by atoms with van der Waals surface area (Å²) in [6.07, 6.45) is 0.871. The van der Waals surface area contributed by atoms with Crippen LogP contribution in [0.15, 0.2) is 48.5 Å². The largest absolute Gasteiger partial charge is 0.481 e. The fraction of sp³-hybridized carbons (Fsp3) is 0.278. The van der Waals surface area contributed by atoms with Crippen LogP contribution in [0.3, 0.4) is 0 Å². The molecule has 1 atom stereocenters. The number of carbonyl (C=O) groups is 1. The highest BCUT2D eigenvalue weighted by Crippen LogP contribution is 2.22. The third-order valence-electron chi connectivity index (χ3n) is 3.71. The van der Waals surface area contributed by atoms with E-state index in [0.717, 1.165) is 10.6 Å². The maximum atomic E-state index is 12.5. The molecule has 0 saturated carbocycles. The first-order valence-corrected chi connectivity index (χ1v) is 10.2. The first-order valence-electron chi connectivity index (χ1n) is 7.97. The molecule has 26 heavy (non-hydrogen) atoms. The molecule has 0 heterocycles. The zero-order chi connectivity index (χ0) is 19.3. The van der Waals surface area contributed by atoms with E-state index in [1.807, 2.05) is 6.92 Å². The lowest BCUT2D eigenvalue weighted by atomic mass is 10.2. The highest BCUT2D eigenvalue weighted by Gasteiger charge is 2.19. The SMILES string of the molecule is CCC(Oc1cccc(Cl)c1)C(=O)Nc1cccc(N(C)S(C)(=O)=O)c1. The first kappa shape index (κ1) is 20.1. The smallest absolute Gasteiger partial charge is 0.265 e. The van der Waals surface area contributed by atoms with Crippen LogP contribution < -0.4 is 14.4 Å². The Balaban J connectivity index is 2.12. The third kappa shape index (κ3) is 5.37. The van der Waals surface area contributed by atoms with Crippen molar-refractivity contribution in [3.05, 3.63) is 53.6 Å². The van der Waals surface area contributed by atoms with Crippen molar-refractivity contribution in [2.45, 2.75) is 19.4 Å². The van der Waals surface area contributed by atoms with Gasteiger partial charge >= 0.3 is 0 Å². The standard InChI is InChI=1S/C18H21ClN2O4S/c1-4-17(25-16-10-5-7-13(19)11-16)18(22)20-14-8-6-9-15(12-14)21(2)26(3,23)24/h5-12,17H,4H2,1-3H3,(H,20,22). The Morgan fingerprint density at radius 3 is 2.54 bits per heavy atom. The van der Waals surface area contributed by atoms with Gasteiger partial charge in [0.25, 0.3) is 5.91 Å². The van der Waals surface area contributed by atoms with Crippen molar-refractivity contribution in [2.24, 2.45) is 0 Å². The average molecular weight is 397 g/mol. The minimum Gasteiger partial charge on any atom is -0.481 e. The molecule has 0 bridgehead atoms. The number of ether oxygens (including phenoxy) is 1. The molecule has 6 nitrogen and oxygen atoms in total. The van der Waals surface area contributed by atoms with Crippen molar-refractivity contribution in [1.82, 2.24) is 0 Å². The van der Waals surface area contributed by atoms with Crippen molar-refractivity contribution < 1.29 is 17.9 Å². The van der Waals surface area contributed by atoms with Crippen molar-refractivity contribution in [1.29, 1.82) is 0 Å². The van der Waals surface area contributed by atoms with Crippen LogP contribution >= 0.6 is 11.6 Å². The van der Waals surface area contributed by atoms with Gasteiger partial charge in [-0.1, -0.05) is 30.7 Å². The zero-order valence-corrected chi connectivity index (χ0v) is 16.3. The highest BCUT2D eigenvalue weighted by atomic mass is 35.5. The molecule has 2 rings (SSSR count). The fourth-order valence-corrected chi connectivity index (χ4v) is 2.90. The average Bonchev–Trinajstić information content (AvgIpc) is 2.58. The van der Waals surface area contributed by atoms with E-state index in [4.69, 9.17) is 16.3 Å². The molecule has 1 unspecified atom stereocenters. The van der Waals surface area contributed by atoms with Crippen LogP contribution in [-0.2, 0) is 14.8 Å². The Kier molecular flexibility index (Phi) is 6.50. The molecule has 2 aromatic rings. The summed E-state index contributed by atoms with van der Waals surface area (Å²) in [7, 11) is -1.93. The van der Waals surface area contributed by atoms with Gasteiger partial charge in [0, 0.05) is 17.8 Å². The van der Waals surface area contributed by atoms with E-state index in [0.29, 0.717) is 28.6 Å². The van der Waals surface area contributed by atoms with Gasteiger partial charge in [0.2, 0.25) is 10.0 Å². The van der Waals surface area contributed by atoms with Crippen LogP contribution in [0.4, 0.5) is 11.4 Å². The molecular weight excluding hydrogens is 376 g/mol. The summed E-state index contributed by atoms with van der Waals surface area (Å²) in [5, 5.41) is 3.28. The van der Waals surface area contributed by atoms with Crippen LogP contribution in [-0.4, -0.2) is 33.7 Å². The molecule has 1 N–H and O–H groups in total. The molecular formula is C18H21ClN2O4S. The molecule has 140 valence electrons. The minimum absolute atomic E-state index is 0.327. The summed E-state index contributed by atoms with van der Waals surface area (Å²) in [4.78, 5) is 12.5. The van der Waals surface area contributed by atoms with E-state index in [-0.39, 0.29) is 5.91 Å². The molecule has 8 heteroatoms. The predicted molar refractivity (Wildman–Crippen MR) is 104 cm³/mol. The summed E-state index contributed by atoms with van der Waals surface area (Å²) >= 11 is 5.93. The second-order valence-corrected chi connectivity index (χ2v) is 8.19. The molecule has 1 amide bonds. The second kappa shape index (κ2) is 8.42. The number of hydrogen-bond acceptors (Lipinski definition) is 4. The first-order chi connectivity index (χ1) is 12.2. The lowest BCUT2D eigenvalue weighted by Crippen LogP contribution is -2.32. The van der Waals surface area contributed by atoms with Gasteiger partial charge in [-0.25, -0.2) is 8.42 Å². The number of nitrogens with one attached hydrogen (secondary N) is 1. The van der Waals surface area contributed by atoms with Gasteiger partial charge in [0.15, 0.2) is 6.10 Å². The molecule has 0 aliphatic heterocycles. The summed E-state index contributed by atoms with van der Waals surface area (Å²) in [5.41, 5.74) is 0.935. The molecule has 0 aromatic heterocycles. The number of halogens is 1.